The molecule has 2 rings (SSSR count). The van der Waals surface area contributed by atoms with Crippen LogP contribution in [0.1, 0.15) is 28.9 Å². The van der Waals surface area contributed by atoms with E-state index in [0.29, 0.717) is 29.5 Å². The van der Waals surface area contributed by atoms with Crippen LogP contribution in [0.25, 0.3) is 0 Å². The Bertz CT molecular complexity index is 526. The van der Waals surface area contributed by atoms with Gasteiger partial charge in [0.25, 0.3) is 0 Å². The zero-order valence-corrected chi connectivity index (χ0v) is 11.6. The minimum atomic E-state index is -0.887. The Kier molecular flexibility index (Phi) is 4.22. The molecule has 0 saturated heterocycles. The number of carbonyl (C=O) groups excluding carboxylic acids is 1. The number of aromatic nitrogens is 1. The number of methoxy groups -OCH3 is 1. The zero-order valence-electron chi connectivity index (χ0n) is 11.6. The van der Waals surface area contributed by atoms with Gasteiger partial charge in [0.05, 0.1) is 18.4 Å². The second-order valence-corrected chi connectivity index (χ2v) is 5.01. The van der Waals surface area contributed by atoms with Gasteiger partial charge < -0.3 is 14.7 Å². The lowest BCUT2D eigenvalue weighted by molar-refractivity contribution is -0.135. The van der Waals surface area contributed by atoms with Crippen molar-refractivity contribution in [3.05, 3.63) is 23.4 Å². The van der Waals surface area contributed by atoms with Crippen LogP contribution in [-0.4, -0.2) is 42.2 Å². The van der Waals surface area contributed by atoms with Gasteiger partial charge in [-0.25, -0.2) is 9.78 Å². The molecular weight excluding hydrogens is 260 g/mol. The summed E-state index contributed by atoms with van der Waals surface area (Å²) in [5.74, 6) is -0.183. The second kappa shape index (κ2) is 5.90. The normalized spacial score (nSPS) is 13.9. The van der Waals surface area contributed by atoms with Crippen molar-refractivity contribution in [1.82, 2.24) is 4.98 Å². The van der Waals surface area contributed by atoms with E-state index in [1.54, 1.807) is 24.0 Å². The third-order valence-electron chi connectivity index (χ3n) is 3.30. The largest absolute Gasteiger partial charge is 0.480 e. The molecule has 20 heavy (non-hydrogen) atoms. The number of carboxylic acid groups (broad SMARTS) is 1. The number of aryl methyl sites for hydroxylation is 1. The molecular formula is C14H18N2O4. The van der Waals surface area contributed by atoms with Crippen molar-refractivity contribution in [2.24, 2.45) is 5.92 Å². The quantitative estimate of drug-likeness (QED) is 0.794. The number of nitrogens with zero attached hydrogens (tertiary/aromatic N) is 2. The van der Waals surface area contributed by atoms with Crippen molar-refractivity contribution < 1.29 is 19.4 Å². The summed E-state index contributed by atoms with van der Waals surface area (Å²) in [5, 5.41) is 8.99. The van der Waals surface area contributed by atoms with Crippen molar-refractivity contribution in [2.45, 2.75) is 19.8 Å². The van der Waals surface area contributed by atoms with Crippen molar-refractivity contribution in [3.8, 4) is 0 Å². The first-order valence-electron chi connectivity index (χ1n) is 6.54. The lowest BCUT2D eigenvalue weighted by Gasteiger charge is -2.22. The highest BCUT2D eigenvalue weighted by Gasteiger charge is 2.26. The minimum absolute atomic E-state index is 0.0828. The maximum Gasteiger partial charge on any atom is 0.339 e. The number of pyridine rings is 1. The molecule has 1 aromatic rings. The average Bonchev–Trinajstić information content (AvgIpc) is 3.20. The number of ether oxygens (including phenoxy) is 1. The molecule has 1 aromatic heterocycles. The van der Waals surface area contributed by atoms with E-state index in [-0.39, 0.29) is 6.54 Å². The van der Waals surface area contributed by atoms with Crippen LogP contribution in [0.15, 0.2) is 12.1 Å². The van der Waals surface area contributed by atoms with E-state index < -0.39 is 11.9 Å². The molecule has 1 saturated carbocycles. The van der Waals surface area contributed by atoms with Crippen LogP contribution in [0, 0.1) is 12.8 Å². The van der Waals surface area contributed by atoms with Gasteiger partial charge in [-0.15, -0.1) is 0 Å². The SMILES string of the molecule is COC(=O)c1ccc(N(CC(=O)O)CC2CC2)nc1C. The lowest BCUT2D eigenvalue weighted by atomic mass is 10.2. The van der Waals surface area contributed by atoms with Crippen LogP contribution >= 0.6 is 0 Å². The second-order valence-electron chi connectivity index (χ2n) is 5.01. The molecule has 0 unspecified atom stereocenters. The fourth-order valence-electron chi connectivity index (χ4n) is 2.06. The van der Waals surface area contributed by atoms with Crippen LogP contribution in [-0.2, 0) is 9.53 Å². The maximum atomic E-state index is 11.5. The summed E-state index contributed by atoms with van der Waals surface area (Å²) < 4.78 is 4.67. The molecule has 0 spiro atoms. The fourth-order valence-corrected chi connectivity index (χ4v) is 2.06. The standard InChI is InChI=1S/C14H18N2O4/c1-9-11(14(19)20-2)5-6-12(15-9)16(8-13(17)18)7-10-3-4-10/h5-6,10H,3-4,7-8H2,1-2H3,(H,17,18). The molecule has 108 valence electrons. The Hall–Kier alpha value is -2.11. The Morgan fingerprint density at radius 2 is 2.15 bits per heavy atom. The van der Waals surface area contributed by atoms with Gasteiger partial charge in [-0.2, -0.15) is 0 Å². The summed E-state index contributed by atoms with van der Waals surface area (Å²) in [4.78, 5) is 28.5. The number of hydrogen-bond acceptors (Lipinski definition) is 5. The first kappa shape index (κ1) is 14.3. The van der Waals surface area contributed by atoms with E-state index in [1.807, 2.05) is 0 Å². The van der Waals surface area contributed by atoms with Crippen LogP contribution in [0.4, 0.5) is 5.82 Å². The van der Waals surface area contributed by atoms with Gasteiger partial charge in [-0.05, 0) is 37.8 Å². The van der Waals surface area contributed by atoms with E-state index in [2.05, 4.69) is 9.72 Å². The van der Waals surface area contributed by atoms with Gasteiger partial charge in [0.2, 0.25) is 0 Å². The number of carboxylic acids is 1. The van der Waals surface area contributed by atoms with Crippen LogP contribution in [0.5, 0.6) is 0 Å². The van der Waals surface area contributed by atoms with E-state index >= 15 is 0 Å². The van der Waals surface area contributed by atoms with Crippen LogP contribution < -0.4 is 4.90 Å². The topological polar surface area (TPSA) is 79.7 Å². The lowest BCUT2D eigenvalue weighted by Crippen LogP contribution is -2.32. The van der Waals surface area contributed by atoms with Gasteiger partial charge in [0, 0.05) is 6.54 Å². The predicted molar refractivity (Wildman–Crippen MR) is 72.9 cm³/mol. The van der Waals surface area contributed by atoms with E-state index in [0.717, 1.165) is 12.8 Å². The highest BCUT2D eigenvalue weighted by Crippen LogP contribution is 2.31. The Labute approximate surface area is 117 Å². The van der Waals surface area contributed by atoms with Gasteiger partial charge in [0.1, 0.15) is 12.4 Å². The summed E-state index contributed by atoms with van der Waals surface area (Å²) in [6.07, 6.45) is 2.27. The molecule has 0 aromatic carbocycles. The Morgan fingerprint density at radius 1 is 1.45 bits per heavy atom. The van der Waals surface area contributed by atoms with Crippen molar-refractivity contribution in [2.75, 3.05) is 25.1 Å². The number of rotatable bonds is 6. The van der Waals surface area contributed by atoms with E-state index in [1.165, 1.54) is 7.11 Å². The number of esters is 1. The molecule has 6 nitrogen and oxygen atoms in total. The fraction of sp³-hybridized carbons (Fsp3) is 0.500. The molecule has 1 aliphatic rings. The summed E-state index contributed by atoms with van der Waals surface area (Å²) in [7, 11) is 1.32. The zero-order chi connectivity index (χ0) is 14.7. The first-order chi connectivity index (χ1) is 9.51. The summed E-state index contributed by atoms with van der Waals surface area (Å²) in [6, 6.07) is 3.30. The van der Waals surface area contributed by atoms with Crippen LogP contribution in [0.3, 0.4) is 0 Å². The van der Waals surface area contributed by atoms with Crippen molar-refractivity contribution in [3.63, 3.8) is 0 Å². The van der Waals surface area contributed by atoms with Gasteiger partial charge >= 0.3 is 11.9 Å². The third-order valence-corrected chi connectivity index (χ3v) is 3.30. The molecule has 0 bridgehead atoms. The number of anilines is 1. The molecule has 1 heterocycles. The molecule has 0 radical (unpaired) electrons. The molecule has 0 atom stereocenters. The summed E-state index contributed by atoms with van der Waals surface area (Å²) >= 11 is 0. The first-order valence-corrected chi connectivity index (χ1v) is 6.54. The average molecular weight is 278 g/mol. The highest BCUT2D eigenvalue weighted by atomic mass is 16.5. The maximum absolute atomic E-state index is 11.5. The minimum Gasteiger partial charge on any atom is -0.480 e. The smallest absolute Gasteiger partial charge is 0.339 e. The van der Waals surface area contributed by atoms with Gasteiger partial charge in [-0.3, -0.25) is 4.79 Å². The van der Waals surface area contributed by atoms with Crippen molar-refractivity contribution >= 4 is 17.8 Å². The predicted octanol–water partition coefficient (Wildman–Crippen LogP) is 1.48. The summed E-state index contributed by atoms with van der Waals surface area (Å²) in [6.45, 7) is 2.32. The highest BCUT2D eigenvalue weighted by molar-refractivity contribution is 5.90. The number of hydrogen-bond donors (Lipinski definition) is 1. The molecule has 6 heteroatoms. The van der Waals surface area contributed by atoms with Crippen molar-refractivity contribution in [1.29, 1.82) is 0 Å². The van der Waals surface area contributed by atoms with Gasteiger partial charge in [0.15, 0.2) is 0 Å². The molecule has 1 fully saturated rings. The number of carbonyl (C=O) groups is 2. The third kappa shape index (κ3) is 3.46. The number of aliphatic carboxylic acids is 1. The van der Waals surface area contributed by atoms with E-state index in [4.69, 9.17) is 5.11 Å². The summed E-state index contributed by atoms with van der Waals surface area (Å²) in [5.41, 5.74) is 0.943. The van der Waals surface area contributed by atoms with Gasteiger partial charge in [-0.1, -0.05) is 0 Å². The Balaban J connectivity index is 2.21. The molecule has 0 aliphatic heterocycles. The molecule has 1 N–H and O–H groups in total. The monoisotopic (exact) mass is 278 g/mol. The molecule has 1 aliphatic carbocycles. The Morgan fingerprint density at radius 3 is 2.65 bits per heavy atom. The van der Waals surface area contributed by atoms with Crippen LogP contribution in [0.2, 0.25) is 0 Å². The van der Waals surface area contributed by atoms with E-state index in [9.17, 15) is 9.59 Å². The molecule has 0 amide bonds.